The van der Waals surface area contributed by atoms with Crippen LogP contribution in [0.25, 0.3) is 0 Å². The second-order valence-electron chi connectivity index (χ2n) is 3.05. The van der Waals surface area contributed by atoms with Crippen LogP contribution in [0.3, 0.4) is 0 Å². The van der Waals surface area contributed by atoms with Gasteiger partial charge < -0.3 is 10.2 Å². The highest BCUT2D eigenvalue weighted by Gasteiger charge is 2.31. The summed E-state index contributed by atoms with van der Waals surface area (Å²) in [6.45, 7) is 2.87. The van der Waals surface area contributed by atoms with Gasteiger partial charge in [-0.25, -0.2) is 0 Å². The first-order valence-corrected chi connectivity index (χ1v) is 5.51. The molecule has 4 N–H and O–H groups in total. The number of aliphatic carboxylic acids is 1. The quantitative estimate of drug-likeness (QED) is 0.376. The molecule has 0 radical (unpaired) electrons. The van der Waals surface area contributed by atoms with Crippen LogP contribution in [0.2, 0.25) is 0 Å². The van der Waals surface area contributed by atoms with Gasteiger partial charge in [0.2, 0.25) is 0 Å². The van der Waals surface area contributed by atoms with Crippen LogP contribution >= 0.6 is 0 Å². The van der Waals surface area contributed by atoms with Crippen molar-refractivity contribution >= 4 is 16.4 Å². The summed E-state index contributed by atoms with van der Waals surface area (Å²) in [5, 5.41) is 20.2. The fourth-order valence-corrected chi connectivity index (χ4v) is 0.457. The van der Waals surface area contributed by atoms with Crippen LogP contribution in [0.5, 0.6) is 0 Å². The molecule has 0 saturated carbocycles. The second-order valence-corrected chi connectivity index (χ2v) is 4.24. The van der Waals surface area contributed by atoms with Crippen LogP contribution in [0.1, 0.15) is 13.8 Å². The summed E-state index contributed by atoms with van der Waals surface area (Å²) in [5.41, 5.74) is -1.33. The lowest BCUT2D eigenvalue weighted by Crippen LogP contribution is -2.48. The third-order valence-corrected chi connectivity index (χ3v) is 2.35. The molecule has 16 heavy (non-hydrogen) atoms. The Labute approximate surface area is 94.2 Å². The molecule has 0 amide bonds. The van der Waals surface area contributed by atoms with Crippen molar-refractivity contribution in [1.82, 2.24) is 5.32 Å². The molecule has 0 aliphatic carbocycles. The number of carbonyl (C=O) groups is 1. The van der Waals surface area contributed by atoms with Crippen molar-refractivity contribution in [3.05, 3.63) is 0 Å². The molecular weight excluding hydrogens is 242 g/mol. The van der Waals surface area contributed by atoms with Crippen LogP contribution in [0.4, 0.5) is 0 Å². The van der Waals surface area contributed by atoms with Crippen LogP contribution in [0, 0.1) is 5.92 Å². The van der Waals surface area contributed by atoms with Crippen molar-refractivity contribution in [3.63, 3.8) is 0 Å². The maximum atomic E-state index is 10.3. The zero-order valence-electron chi connectivity index (χ0n) is 9.46. The molecule has 0 fully saturated rings. The number of rotatable bonds is 4. The Balaban J connectivity index is 0. The zero-order chi connectivity index (χ0) is 13.6. The standard InChI is InChI=1S/C6H13NO3.CH4O4S/c1-4(5(8)9)6(2,10)7-3;1-5-6(2,3)4/h4,7,10H,1-3H3,(H,8,9);1H3,(H,2,3,4). The zero-order valence-corrected chi connectivity index (χ0v) is 10.3. The third kappa shape index (κ3) is 8.56. The van der Waals surface area contributed by atoms with Gasteiger partial charge in [0.25, 0.3) is 0 Å². The number of aliphatic hydroxyl groups is 1. The van der Waals surface area contributed by atoms with E-state index in [0.29, 0.717) is 0 Å². The summed E-state index contributed by atoms with van der Waals surface area (Å²) >= 11 is 0. The van der Waals surface area contributed by atoms with Crippen LogP contribution in [-0.4, -0.2) is 49.0 Å². The normalized spacial score (nSPS) is 16.6. The minimum Gasteiger partial charge on any atom is -0.481 e. The molecule has 0 aliphatic heterocycles. The Kier molecular flexibility index (Phi) is 7.46. The Morgan fingerprint density at radius 2 is 1.81 bits per heavy atom. The predicted octanol–water partition coefficient (Wildman–Crippen LogP) is -0.929. The summed E-state index contributed by atoms with van der Waals surface area (Å²) < 4.78 is 29.7. The number of nitrogens with one attached hydrogen (secondary N) is 1. The monoisotopic (exact) mass is 259 g/mol. The maximum absolute atomic E-state index is 10.3. The van der Waals surface area contributed by atoms with E-state index in [0.717, 1.165) is 7.11 Å². The average Bonchev–Trinajstić information content (AvgIpc) is 2.16. The van der Waals surface area contributed by atoms with E-state index in [2.05, 4.69) is 9.50 Å². The first-order valence-electron chi connectivity index (χ1n) is 4.15. The maximum Gasteiger partial charge on any atom is 0.397 e. The van der Waals surface area contributed by atoms with Crippen molar-refractivity contribution < 1.29 is 32.2 Å². The Morgan fingerprint density at radius 1 is 1.50 bits per heavy atom. The minimum absolute atomic E-state index is 0.808. The van der Waals surface area contributed by atoms with Crippen LogP contribution < -0.4 is 5.32 Å². The number of hydrogen-bond donors (Lipinski definition) is 4. The first-order chi connectivity index (χ1) is 6.98. The first kappa shape index (κ1) is 17.6. The van der Waals surface area contributed by atoms with Gasteiger partial charge in [-0.3, -0.25) is 18.8 Å². The second kappa shape index (κ2) is 6.76. The highest BCUT2D eigenvalue weighted by molar-refractivity contribution is 7.80. The summed E-state index contributed by atoms with van der Waals surface area (Å²) in [4.78, 5) is 10.3. The molecule has 0 bridgehead atoms. The van der Waals surface area contributed by atoms with Gasteiger partial charge in [-0.1, -0.05) is 0 Å². The number of carboxylic acids is 1. The van der Waals surface area contributed by atoms with Gasteiger partial charge in [0.15, 0.2) is 0 Å². The predicted molar refractivity (Wildman–Crippen MR) is 55.0 cm³/mol. The molecule has 0 saturated heterocycles. The molecule has 2 unspecified atom stereocenters. The molecular formula is C7H17NO7S. The molecule has 8 nitrogen and oxygen atoms in total. The molecule has 0 heterocycles. The highest BCUT2D eigenvalue weighted by atomic mass is 32.3. The molecule has 0 aromatic rings. The van der Waals surface area contributed by atoms with E-state index in [1.165, 1.54) is 20.9 Å². The lowest BCUT2D eigenvalue weighted by Gasteiger charge is -2.26. The van der Waals surface area contributed by atoms with E-state index in [1.807, 2.05) is 0 Å². The van der Waals surface area contributed by atoms with Crippen molar-refractivity contribution in [2.45, 2.75) is 19.6 Å². The molecule has 98 valence electrons. The fraction of sp³-hybridized carbons (Fsp3) is 0.857. The van der Waals surface area contributed by atoms with E-state index < -0.39 is 28.0 Å². The van der Waals surface area contributed by atoms with E-state index in [-0.39, 0.29) is 0 Å². The molecule has 9 heteroatoms. The van der Waals surface area contributed by atoms with E-state index in [9.17, 15) is 18.3 Å². The van der Waals surface area contributed by atoms with Crippen LogP contribution in [0.15, 0.2) is 0 Å². The van der Waals surface area contributed by atoms with Gasteiger partial charge in [-0.15, -0.1) is 0 Å². The van der Waals surface area contributed by atoms with Crippen LogP contribution in [-0.2, 0) is 19.4 Å². The van der Waals surface area contributed by atoms with Gasteiger partial charge in [-0.2, -0.15) is 8.42 Å². The number of carboxylic acid groups (broad SMARTS) is 1. The minimum atomic E-state index is -4.16. The van der Waals surface area contributed by atoms with E-state index in [4.69, 9.17) is 9.66 Å². The van der Waals surface area contributed by atoms with Gasteiger partial charge >= 0.3 is 16.4 Å². The molecule has 0 aliphatic rings. The fourth-order valence-electron chi connectivity index (χ4n) is 0.457. The SMILES string of the molecule is CNC(C)(O)C(C)C(=O)O.COS(=O)(=O)O. The topological polar surface area (TPSA) is 133 Å². The van der Waals surface area contributed by atoms with E-state index in [1.54, 1.807) is 0 Å². The van der Waals surface area contributed by atoms with Crippen molar-refractivity contribution in [3.8, 4) is 0 Å². The van der Waals surface area contributed by atoms with Crippen molar-refractivity contribution in [1.29, 1.82) is 0 Å². The molecule has 2 atom stereocenters. The van der Waals surface area contributed by atoms with E-state index >= 15 is 0 Å². The largest absolute Gasteiger partial charge is 0.481 e. The Morgan fingerprint density at radius 3 is 1.88 bits per heavy atom. The molecule has 0 aromatic heterocycles. The lowest BCUT2D eigenvalue weighted by atomic mass is 10.0. The van der Waals surface area contributed by atoms with Gasteiger partial charge in [0, 0.05) is 0 Å². The lowest BCUT2D eigenvalue weighted by molar-refractivity contribution is -0.151. The molecule has 0 spiro atoms. The van der Waals surface area contributed by atoms with Crippen molar-refractivity contribution in [2.24, 2.45) is 5.92 Å². The van der Waals surface area contributed by atoms with Gasteiger partial charge in [0.05, 0.1) is 13.0 Å². The summed E-state index contributed by atoms with van der Waals surface area (Å²) in [6.07, 6.45) is 0. The average molecular weight is 259 g/mol. The Bertz CT molecular complexity index is 311. The summed E-state index contributed by atoms with van der Waals surface area (Å²) in [7, 11) is -1.78. The Hall–Kier alpha value is -0.740. The van der Waals surface area contributed by atoms with Gasteiger partial charge in [-0.05, 0) is 20.9 Å². The molecule has 0 rings (SSSR count). The molecule has 0 aromatic carbocycles. The highest BCUT2D eigenvalue weighted by Crippen LogP contribution is 2.11. The third-order valence-electron chi connectivity index (χ3n) is 1.93. The summed E-state index contributed by atoms with van der Waals surface area (Å²) in [5.74, 6) is -1.82. The van der Waals surface area contributed by atoms with Gasteiger partial charge in [0.1, 0.15) is 5.72 Å². The summed E-state index contributed by atoms with van der Waals surface area (Å²) in [6, 6.07) is 0. The smallest absolute Gasteiger partial charge is 0.397 e. The number of hydrogen-bond acceptors (Lipinski definition) is 6. The van der Waals surface area contributed by atoms with Crippen molar-refractivity contribution in [2.75, 3.05) is 14.2 Å².